The van der Waals surface area contributed by atoms with Crippen molar-refractivity contribution in [1.82, 2.24) is 0 Å². The first-order valence-electron chi connectivity index (χ1n) is 10.5. The summed E-state index contributed by atoms with van der Waals surface area (Å²) in [7, 11) is 0. The molecule has 0 amide bonds. The number of hydrogen-bond acceptors (Lipinski definition) is 2. The maximum absolute atomic E-state index is 12.6. The van der Waals surface area contributed by atoms with E-state index in [4.69, 9.17) is 0 Å². The van der Waals surface area contributed by atoms with E-state index < -0.39 is 0 Å². The number of carbonyl (C=O) groups excluding carboxylic acids is 1. The summed E-state index contributed by atoms with van der Waals surface area (Å²) >= 11 is 1.61. The van der Waals surface area contributed by atoms with Crippen molar-refractivity contribution < 1.29 is 4.79 Å². The van der Waals surface area contributed by atoms with Crippen molar-refractivity contribution in [2.75, 3.05) is 0 Å². The molecule has 3 aromatic carbocycles. The van der Waals surface area contributed by atoms with E-state index in [0.717, 1.165) is 29.0 Å². The molecule has 0 aliphatic heterocycles. The highest BCUT2D eigenvalue weighted by atomic mass is 32.1. The second-order valence-electron chi connectivity index (χ2n) is 7.79. The fourth-order valence-corrected chi connectivity index (χ4v) is 4.73. The third kappa shape index (κ3) is 5.34. The smallest absolute Gasteiger partial charge is 0.172 e. The number of hydrogen-bond donors (Lipinski definition) is 0. The van der Waals surface area contributed by atoms with Crippen LogP contribution in [-0.4, -0.2) is 5.78 Å². The van der Waals surface area contributed by atoms with Crippen LogP contribution in [0.2, 0.25) is 0 Å². The fourth-order valence-electron chi connectivity index (χ4n) is 3.76. The topological polar surface area (TPSA) is 17.1 Å². The average molecular weight is 411 g/mol. The number of ketones is 1. The quantitative estimate of drug-likeness (QED) is 0.275. The minimum Gasteiger partial charge on any atom is -0.293 e. The minimum absolute atomic E-state index is 0.248. The number of thiophene rings is 1. The fraction of sp³-hybridized carbons (Fsp3) is 0.179. The molecule has 0 N–H and O–H groups in total. The van der Waals surface area contributed by atoms with Gasteiger partial charge in [-0.25, -0.2) is 0 Å². The Morgan fingerprint density at radius 2 is 1.50 bits per heavy atom. The van der Waals surface area contributed by atoms with Gasteiger partial charge in [0.05, 0.1) is 4.88 Å². The predicted molar refractivity (Wildman–Crippen MR) is 127 cm³/mol. The van der Waals surface area contributed by atoms with E-state index in [2.05, 4.69) is 85.8 Å². The van der Waals surface area contributed by atoms with Crippen LogP contribution in [0.5, 0.6) is 0 Å². The van der Waals surface area contributed by atoms with Gasteiger partial charge in [-0.3, -0.25) is 4.79 Å². The maximum Gasteiger partial charge on any atom is 0.172 e. The molecule has 30 heavy (non-hydrogen) atoms. The molecule has 2 heteroatoms. The lowest BCUT2D eigenvalue weighted by atomic mass is 10.0. The molecule has 4 aromatic rings. The first-order valence-corrected chi connectivity index (χ1v) is 11.3. The first-order chi connectivity index (χ1) is 14.7. The Balaban J connectivity index is 1.40. The SMILES string of the molecule is Cc1cccc(Cc2cccc(-c3ccc(C(=O)CCCc4ccccc4)s3)c2)c1. The highest BCUT2D eigenvalue weighted by Crippen LogP contribution is 2.30. The van der Waals surface area contributed by atoms with Gasteiger partial charge in [0.25, 0.3) is 0 Å². The summed E-state index contributed by atoms with van der Waals surface area (Å²) in [5.74, 6) is 0.248. The van der Waals surface area contributed by atoms with E-state index in [1.165, 1.54) is 27.8 Å². The summed E-state index contributed by atoms with van der Waals surface area (Å²) < 4.78 is 0. The number of rotatable bonds is 8. The number of aryl methyl sites for hydroxylation is 2. The summed E-state index contributed by atoms with van der Waals surface area (Å²) in [6, 6.07) is 31.8. The molecule has 0 saturated carbocycles. The van der Waals surface area contributed by atoms with Gasteiger partial charge in [0.15, 0.2) is 5.78 Å². The highest BCUT2D eigenvalue weighted by molar-refractivity contribution is 7.17. The first kappa shape index (κ1) is 20.3. The number of carbonyl (C=O) groups is 1. The third-order valence-electron chi connectivity index (χ3n) is 5.30. The van der Waals surface area contributed by atoms with Crippen LogP contribution in [0.1, 0.15) is 44.8 Å². The van der Waals surface area contributed by atoms with Gasteiger partial charge < -0.3 is 0 Å². The summed E-state index contributed by atoms with van der Waals surface area (Å²) in [5, 5.41) is 0. The number of benzene rings is 3. The zero-order valence-electron chi connectivity index (χ0n) is 17.3. The van der Waals surface area contributed by atoms with Crippen LogP contribution in [0.15, 0.2) is 91.0 Å². The Morgan fingerprint density at radius 1 is 0.767 bits per heavy atom. The minimum atomic E-state index is 0.248. The van der Waals surface area contributed by atoms with E-state index in [9.17, 15) is 4.79 Å². The lowest BCUT2D eigenvalue weighted by Gasteiger charge is -2.05. The Hall–Kier alpha value is -2.97. The van der Waals surface area contributed by atoms with E-state index in [1.54, 1.807) is 11.3 Å². The van der Waals surface area contributed by atoms with E-state index in [1.807, 2.05) is 12.1 Å². The number of Topliss-reactive ketones (excluding diaryl/α,β-unsaturated/α-hetero) is 1. The summed E-state index contributed by atoms with van der Waals surface area (Å²) in [5.41, 5.74) is 6.39. The van der Waals surface area contributed by atoms with Crippen LogP contribution in [-0.2, 0) is 12.8 Å². The largest absolute Gasteiger partial charge is 0.293 e. The normalized spacial score (nSPS) is 10.8. The Morgan fingerprint density at radius 3 is 2.30 bits per heavy atom. The lowest BCUT2D eigenvalue weighted by molar-refractivity contribution is 0.0984. The molecule has 0 spiro atoms. The molecule has 0 saturated heterocycles. The molecule has 0 atom stereocenters. The van der Waals surface area contributed by atoms with Crippen LogP contribution in [0, 0.1) is 6.92 Å². The molecular weight excluding hydrogens is 384 g/mol. The van der Waals surface area contributed by atoms with E-state index in [-0.39, 0.29) is 5.78 Å². The summed E-state index contributed by atoms with van der Waals surface area (Å²) in [4.78, 5) is 14.7. The monoisotopic (exact) mass is 410 g/mol. The zero-order chi connectivity index (χ0) is 20.8. The van der Waals surface area contributed by atoms with Crippen LogP contribution in [0.3, 0.4) is 0 Å². The van der Waals surface area contributed by atoms with Crippen molar-refractivity contribution in [1.29, 1.82) is 0 Å². The summed E-state index contributed by atoms with van der Waals surface area (Å²) in [6.45, 7) is 2.13. The van der Waals surface area contributed by atoms with E-state index >= 15 is 0 Å². The molecule has 0 aliphatic rings. The van der Waals surface area contributed by atoms with Gasteiger partial charge in [0.2, 0.25) is 0 Å². The molecule has 4 rings (SSSR count). The van der Waals surface area contributed by atoms with Gasteiger partial charge in [-0.2, -0.15) is 0 Å². The summed E-state index contributed by atoms with van der Waals surface area (Å²) in [6.07, 6.45) is 3.36. The van der Waals surface area contributed by atoms with Crippen molar-refractivity contribution in [3.63, 3.8) is 0 Å². The van der Waals surface area contributed by atoms with E-state index in [0.29, 0.717) is 6.42 Å². The maximum atomic E-state index is 12.6. The molecule has 1 nitrogen and oxygen atoms in total. The molecule has 0 bridgehead atoms. The van der Waals surface area contributed by atoms with Gasteiger partial charge >= 0.3 is 0 Å². The second-order valence-corrected chi connectivity index (χ2v) is 8.88. The average Bonchev–Trinajstić information content (AvgIpc) is 3.25. The molecule has 150 valence electrons. The van der Waals surface area contributed by atoms with Crippen molar-refractivity contribution in [3.8, 4) is 10.4 Å². The Labute approximate surface area is 183 Å². The Kier molecular flexibility index (Phi) is 6.56. The van der Waals surface area contributed by atoms with Crippen LogP contribution < -0.4 is 0 Å². The second kappa shape index (κ2) is 9.69. The van der Waals surface area contributed by atoms with Gasteiger partial charge in [-0.15, -0.1) is 11.3 Å². The van der Waals surface area contributed by atoms with Gasteiger partial charge in [0, 0.05) is 11.3 Å². The molecule has 0 aliphatic carbocycles. The highest BCUT2D eigenvalue weighted by Gasteiger charge is 2.11. The van der Waals surface area contributed by atoms with Crippen LogP contribution >= 0.6 is 11.3 Å². The van der Waals surface area contributed by atoms with Crippen molar-refractivity contribution >= 4 is 17.1 Å². The van der Waals surface area contributed by atoms with Crippen molar-refractivity contribution in [2.24, 2.45) is 0 Å². The third-order valence-corrected chi connectivity index (χ3v) is 6.47. The van der Waals surface area contributed by atoms with Gasteiger partial charge in [0.1, 0.15) is 0 Å². The molecule has 0 unspecified atom stereocenters. The molecule has 1 heterocycles. The van der Waals surface area contributed by atoms with Gasteiger partial charge in [-0.1, -0.05) is 84.4 Å². The molecule has 0 fully saturated rings. The molecule has 1 aromatic heterocycles. The zero-order valence-corrected chi connectivity index (χ0v) is 18.1. The standard InChI is InChI=1S/C28H26OS/c1-21-8-5-12-23(18-21)19-24-13-6-14-25(20-24)27-16-17-28(30-27)26(29)15-7-11-22-9-3-2-4-10-22/h2-6,8-10,12-14,16-18,20H,7,11,15,19H2,1H3. The van der Waals surface area contributed by atoms with Crippen LogP contribution in [0.25, 0.3) is 10.4 Å². The van der Waals surface area contributed by atoms with Crippen molar-refractivity contribution in [3.05, 3.63) is 118 Å². The van der Waals surface area contributed by atoms with Gasteiger partial charge in [-0.05, 0) is 60.6 Å². The lowest BCUT2D eigenvalue weighted by Crippen LogP contribution is -1.97. The Bertz CT molecular complexity index is 1120. The molecule has 0 radical (unpaired) electrons. The molecular formula is C28H26OS. The predicted octanol–water partition coefficient (Wildman–Crippen LogP) is 7.52. The van der Waals surface area contributed by atoms with Crippen molar-refractivity contribution in [2.45, 2.75) is 32.6 Å². The van der Waals surface area contributed by atoms with Crippen LogP contribution in [0.4, 0.5) is 0 Å².